The highest BCUT2D eigenvalue weighted by atomic mass is 35.5. The summed E-state index contributed by atoms with van der Waals surface area (Å²) in [4.78, 5) is 60.4. The van der Waals surface area contributed by atoms with Crippen molar-refractivity contribution in [3.8, 4) is 17.2 Å². The molecule has 2 N–H and O–H groups in total. The van der Waals surface area contributed by atoms with Crippen molar-refractivity contribution in [1.82, 2.24) is 5.01 Å². The zero-order valence-electron chi connectivity index (χ0n) is 29.2. The molecule has 278 valence electrons. The van der Waals surface area contributed by atoms with Crippen molar-refractivity contribution < 1.29 is 33.8 Å². The zero-order valence-corrected chi connectivity index (χ0v) is 31.4. The van der Waals surface area contributed by atoms with Crippen LogP contribution in [0.5, 0.6) is 17.2 Å². The average molecular weight is 797 g/mol. The lowest BCUT2D eigenvalue weighted by Crippen LogP contribution is -2.55. The predicted octanol–water partition coefficient (Wildman–Crippen LogP) is 7.90. The number of nitrogens with zero attached hydrogens (tertiary/aromatic N) is 2. The van der Waals surface area contributed by atoms with E-state index in [1.54, 1.807) is 86.2 Å². The van der Waals surface area contributed by atoms with Crippen LogP contribution in [0.15, 0.2) is 108 Å². The first-order valence-electron chi connectivity index (χ1n) is 17.8. The molecule has 4 amide bonds. The number of phenolic OH excluding ortho intramolecular Hbond substituents is 1. The third-order valence-corrected chi connectivity index (χ3v) is 12.6. The number of ether oxygens (including phenoxy) is 2. The molecule has 0 aromatic heterocycles. The summed E-state index contributed by atoms with van der Waals surface area (Å²) in [5, 5.41) is 12.5. The molecule has 9 rings (SSSR count). The van der Waals surface area contributed by atoms with Gasteiger partial charge >= 0.3 is 0 Å². The molecule has 0 unspecified atom stereocenters. The Morgan fingerprint density at radius 3 is 2.33 bits per heavy atom. The number of imide groups is 2. The van der Waals surface area contributed by atoms with Gasteiger partial charge in [0.2, 0.25) is 11.8 Å². The number of amides is 4. The van der Waals surface area contributed by atoms with Crippen LogP contribution in [-0.4, -0.2) is 40.9 Å². The maximum atomic E-state index is 15.5. The Hall–Kier alpha value is -5.29. The molecule has 0 radical (unpaired) electrons. The van der Waals surface area contributed by atoms with E-state index >= 15 is 9.59 Å². The smallest absolute Gasteiger partial charge is 0.260 e. The Bertz CT molecular complexity index is 2380. The number of allylic oxidation sites excluding steroid dienone is 3. The van der Waals surface area contributed by atoms with Crippen LogP contribution in [0.25, 0.3) is 0 Å². The molecule has 4 aromatic carbocycles. The van der Waals surface area contributed by atoms with Gasteiger partial charge in [-0.1, -0.05) is 58.6 Å². The van der Waals surface area contributed by atoms with Crippen molar-refractivity contribution in [2.24, 2.45) is 29.6 Å². The van der Waals surface area contributed by atoms with Gasteiger partial charge in [-0.25, -0.2) is 0 Å². The highest BCUT2D eigenvalue weighted by Gasteiger charge is 2.71. The van der Waals surface area contributed by atoms with Crippen LogP contribution < -0.4 is 19.8 Å². The summed E-state index contributed by atoms with van der Waals surface area (Å²) in [7, 11) is 1.55. The normalized spacial score (nSPS) is 26.7. The summed E-state index contributed by atoms with van der Waals surface area (Å²) >= 11 is 18.9. The van der Waals surface area contributed by atoms with Gasteiger partial charge in [-0.3, -0.25) is 29.5 Å². The van der Waals surface area contributed by atoms with Crippen LogP contribution in [0.3, 0.4) is 0 Å². The molecule has 3 fully saturated rings. The Balaban J connectivity index is 1.23. The summed E-state index contributed by atoms with van der Waals surface area (Å²) in [5.41, 5.74) is 4.88. The monoisotopic (exact) mass is 795 g/mol. The third kappa shape index (κ3) is 5.37. The fourth-order valence-electron chi connectivity index (χ4n) is 9.50. The maximum absolute atomic E-state index is 15.5. The molecule has 2 aliphatic carbocycles. The molecule has 0 spiro atoms. The summed E-state index contributed by atoms with van der Waals surface area (Å²) in [6.07, 6.45) is 4.23. The highest BCUT2D eigenvalue weighted by molar-refractivity contribution is 6.36. The van der Waals surface area contributed by atoms with Gasteiger partial charge in [-0.15, -0.1) is 0 Å². The average Bonchev–Trinajstić information content (AvgIpc) is 3.56. The lowest BCUT2D eigenvalue weighted by Gasteiger charge is -2.51. The van der Waals surface area contributed by atoms with E-state index in [0.29, 0.717) is 49.6 Å². The molecule has 55 heavy (non-hydrogen) atoms. The molecule has 1 saturated carbocycles. The molecule has 5 aliphatic rings. The van der Waals surface area contributed by atoms with Crippen LogP contribution in [0.2, 0.25) is 15.1 Å². The summed E-state index contributed by atoms with van der Waals surface area (Å²) in [6.45, 7) is 0. The van der Waals surface area contributed by atoms with E-state index in [-0.39, 0.29) is 41.8 Å². The number of hydrogen-bond donors (Lipinski definition) is 2. The molecule has 10 nitrogen and oxygen atoms in total. The van der Waals surface area contributed by atoms with Crippen molar-refractivity contribution in [3.63, 3.8) is 0 Å². The first-order valence-corrected chi connectivity index (χ1v) is 18.9. The number of anilines is 2. The molecule has 2 saturated heterocycles. The third-order valence-electron chi connectivity index (χ3n) is 11.8. The fraction of sp³-hybridized carbons (Fsp3) is 0.238. The number of aromatic hydroxyl groups is 1. The number of carbonyl (C=O) groups is 4. The number of rotatable bonds is 6. The van der Waals surface area contributed by atoms with Gasteiger partial charge in [0.05, 0.1) is 52.9 Å². The van der Waals surface area contributed by atoms with E-state index in [2.05, 4.69) is 5.43 Å². The van der Waals surface area contributed by atoms with Gasteiger partial charge in [0.1, 0.15) is 17.2 Å². The summed E-state index contributed by atoms with van der Waals surface area (Å²) in [6, 6.07) is 23.2. The first-order chi connectivity index (χ1) is 26.5. The second-order valence-corrected chi connectivity index (χ2v) is 15.8. The minimum atomic E-state index is -1.55. The molecule has 3 aliphatic heterocycles. The van der Waals surface area contributed by atoms with Gasteiger partial charge in [0.15, 0.2) is 0 Å². The topological polar surface area (TPSA) is 125 Å². The van der Waals surface area contributed by atoms with Crippen molar-refractivity contribution in [1.29, 1.82) is 0 Å². The van der Waals surface area contributed by atoms with Crippen molar-refractivity contribution in [3.05, 3.63) is 135 Å². The number of phenols is 1. The van der Waals surface area contributed by atoms with Crippen molar-refractivity contribution in [2.45, 2.75) is 24.7 Å². The lowest BCUT2D eigenvalue weighted by atomic mass is 9.48. The largest absolute Gasteiger partial charge is 0.508 e. The van der Waals surface area contributed by atoms with Crippen LogP contribution in [0.4, 0.5) is 11.4 Å². The standard InChI is InChI=1S/C42H32Cl3N3O7/c1-54-28-10-2-23(3-11-28)42-32(39(51)48(41(42)53)46-34-14-6-25(44)18-33(34)45)19-31-29(37(42)22-16-21-17-27(49)9-15-35(21)55-20-22)12-13-30-36(31)40(52)47(38(30)50)26-7-4-24(43)5-8-26/h2-12,14-15,17-18,20,30-32,36-37,46,49H,13,16,19H2,1H3/t30-,31+,32-,36-,37-,42+/m0/s1. The van der Waals surface area contributed by atoms with Gasteiger partial charge < -0.3 is 14.6 Å². The van der Waals surface area contributed by atoms with Crippen molar-refractivity contribution >= 4 is 69.8 Å². The quantitative estimate of drug-likeness (QED) is 0.149. The Morgan fingerprint density at radius 1 is 0.855 bits per heavy atom. The van der Waals surface area contributed by atoms with Crippen LogP contribution in [0, 0.1) is 29.6 Å². The number of halogens is 3. The fourth-order valence-corrected chi connectivity index (χ4v) is 10.1. The lowest BCUT2D eigenvalue weighted by molar-refractivity contribution is -0.139. The first kappa shape index (κ1) is 35.4. The van der Waals surface area contributed by atoms with E-state index in [1.807, 2.05) is 6.08 Å². The number of hydrazine groups is 1. The van der Waals surface area contributed by atoms with E-state index in [4.69, 9.17) is 44.3 Å². The Morgan fingerprint density at radius 2 is 1.60 bits per heavy atom. The van der Waals surface area contributed by atoms with Crippen LogP contribution in [-0.2, 0) is 31.0 Å². The van der Waals surface area contributed by atoms with E-state index in [9.17, 15) is 14.7 Å². The number of carbonyl (C=O) groups excluding carboxylic acids is 4. The Kier molecular flexibility index (Phi) is 8.49. The molecular formula is C42H32Cl3N3O7. The maximum Gasteiger partial charge on any atom is 0.260 e. The number of fused-ring (bicyclic) bond motifs is 5. The number of nitrogens with one attached hydrogen (secondary N) is 1. The van der Waals surface area contributed by atoms with Crippen LogP contribution >= 0.6 is 34.8 Å². The predicted molar refractivity (Wildman–Crippen MR) is 206 cm³/mol. The highest BCUT2D eigenvalue weighted by Crippen LogP contribution is 2.63. The van der Waals surface area contributed by atoms with E-state index in [0.717, 1.165) is 10.6 Å². The van der Waals surface area contributed by atoms with Gasteiger partial charge in [0.25, 0.3) is 11.8 Å². The van der Waals surface area contributed by atoms with Crippen LogP contribution in [0.1, 0.15) is 24.0 Å². The SMILES string of the molecule is COc1ccc([C@@]23C(=O)N(Nc4ccc(Cl)cc4Cl)C(=O)[C@@H]2C[C@@H]2C(=CC[C@@H]4C(=O)N(c5ccc(Cl)cc5)C(=O)[C@@H]42)[C@@H]3C2=COc3ccc(O)cc3C2)cc1. The number of methoxy groups -OCH3 is 1. The summed E-state index contributed by atoms with van der Waals surface area (Å²) < 4.78 is 11.7. The number of benzene rings is 4. The minimum absolute atomic E-state index is 0.0484. The van der Waals surface area contributed by atoms with Crippen molar-refractivity contribution in [2.75, 3.05) is 17.4 Å². The molecule has 0 bridgehead atoms. The second-order valence-electron chi connectivity index (χ2n) is 14.5. The number of hydrogen-bond acceptors (Lipinski definition) is 8. The Labute approximate surface area is 330 Å². The second kappa shape index (κ2) is 13.2. The summed E-state index contributed by atoms with van der Waals surface area (Å²) in [5.74, 6) is -4.44. The zero-order chi connectivity index (χ0) is 38.3. The van der Waals surface area contributed by atoms with Gasteiger partial charge in [-0.2, -0.15) is 5.01 Å². The molecular weight excluding hydrogens is 765 g/mol. The van der Waals surface area contributed by atoms with Gasteiger partial charge in [-0.05, 0) is 103 Å². The molecule has 6 atom stereocenters. The molecule has 4 aromatic rings. The van der Waals surface area contributed by atoms with E-state index in [1.165, 1.54) is 17.0 Å². The minimum Gasteiger partial charge on any atom is -0.508 e. The molecule has 13 heteroatoms. The van der Waals surface area contributed by atoms with E-state index < -0.39 is 46.8 Å². The van der Waals surface area contributed by atoms with Gasteiger partial charge in [0, 0.05) is 27.9 Å². The molecule has 3 heterocycles.